The van der Waals surface area contributed by atoms with Gasteiger partial charge in [-0.15, -0.1) is 0 Å². The zero-order chi connectivity index (χ0) is 14.7. The number of nitrogens with zero attached hydrogens (tertiary/aromatic N) is 5. The molecule has 20 heavy (non-hydrogen) atoms. The van der Waals surface area contributed by atoms with Crippen molar-refractivity contribution in [2.45, 2.75) is 6.92 Å². The zero-order valence-corrected chi connectivity index (χ0v) is 11.7. The lowest BCUT2D eigenvalue weighted by Crippen LogP contribution is -2.37. The molecule has 108 valence electrons. The molecule has 0 aliphatic rings. The number of nitrogen functional groups attached to an aromatic ring is 1. The van der Waals surface area contributed by atoms with Crippen LogP contribution < -0.4 is 16.2 Å². The maximum atomic E-state index is 11.9. The van der Waals surface area contributed by atoms with Crippen LogP contribution in [0.5, 0.6) is 0 Å². The van der Waals surface area contributed by atoms with Crippen molar-refractivity contribution in [3.05, 3.63) is 6.20 Å². The van der Waals surface area contributed by atoms with Crippen molar-refractivity contribution in [1.29, 1.82) is 0 Å². The summed E-state index contributed by atoms with van der Waals surface area (Å²) in [6.45, 7) is 2.80. The third kappa shape index (κ3) is 2.62. The summed E-state index contributed by atoms with van der Waals surface area (Å²) >= 11 is 0. The fraction of sp³-hybridized carbons (Fsp3) is 0.455. The number of amides is 1. The lowest BCUT2D eigenvalue weighted by molar-refractivity contribution is -0.127. The van der Waals surface area contributed by atoms with Gasteiger partial charge in [0.05, 0.1) is 18.1 Å². The quantitative estimate of drug-likeness (QED) is 0.501. The summed E-state index contributed by atoms with van der Waals surface area (Å²) in [6.07, 6.45) is 1.63. The Morgan fingerprint density at radius 3 is 2.80 bits per heavy atom. The van der Waals surface area contributed by atoms with Crippen molar-refractivity contribution < 1.29 is 4.79 Å². The van der Waals surface area contributed by atoms with Crippen LogP contribution >= 0.6 is 0 Å². The number of aromatic amines is 1. The van der Waals surface area contributed by atoms with E-state index >= 15 is 0 Å². The molecule has 0 radical (unpaired) electrons. The molecule has 0 spiro atoms. The third-order valence-electron chi connectivity index (χ3n) is 2.92. The van der Waals surface area contributed by atoms with Gasteiger partial charge in [0.2, 0.25) is 11.9 Å². The number of aromatic nitrogens is 4. The molecule has 4 N–H and O–H groups in total. The fourth-order valence-electron chi connectivity index (χ4n) is 1.77. The maximum absolute atomic E-state index is 11.9. The van der Waals surface area contributed by atoms with E-state index in [1.807, 2.05) is 11.8 Å². The van der Waals surface area contributed by atoms with Crippen molar-refractivity contribution in [3.63, 3.8) is 0 Å². The highest BCUT2D eigenvalue weighted by Crippen LogP contribution is 2.23. The Kier molecular flexibility index (Phi) is 3.99. The number of fused-ring (bicyclic) bond motifs is 1. The maximum Gasteiger partial charge on any atom is 0.241 e. The summed E-state index contributed by atoms with van der Waals surface area (Å²) in [5, 5.41) is 7.47. The predicted octanol–water partition coefficient (Wildman–Crippen LogP) is -0.447. The highest BCUT2D eigenvalue weighted by atomic mass is 16.2. The highest BCUT2D eigenvalue weighted by Gasteiger charge is 2.18. The number of likely N-dealkylation sites (N-methyl/N-ethyl adjacent to an activating group) is 2. The van der Waals surface area contributed by atoms with Gasteiger partial charge in [-0.05, 0) is 6.92 Å². The minimum atomic E-state index is -0.00985. The molecule has 9 nitrogen and oxygen atoms in total. The molecule has 0 unspecified atom stereocenters. The standard InChI is InChI=1S/C11H18N8O/c1-4-19(6-8(20)18(2)3)10-7-5-13-17-9(7)14-11(15-10)16-12/h5H,4,6,12H2,1-3H3,(H2,13,14,15,16,17). The second kappa shape index (κ2) is 5.70. The van der Waals surface area contributed by atoms with Crippen molar-refractivity contribution in [3.8, 4) is 0 Å². The fourth-order valence-corrected chi connectivity index (χ4v) is 1.77. The van der Waals surface area contributed by atoms with Crippen LogP contribution in [0, 0.1) is 0 Å². The number of H-pyrrole nitrogens is 1. The average Bonchev–Trinajstić information content (AvgIpc) is 2.91. The molecule has 2 aromatic heterocycles. The van der Waals surface area contributed by atoms with Gasteiger partial charge in [0.25, 0.3) is 0 Å². The molecule has 0 aromatic carbocycles. The summed E-state index contributed by atoms with van der Waals surface area (Å²) in [4.78, 5) is 23.8. The molecule has 9 heteroatoms. The smallest absolute Gasteiger partial charge is 0.241 e. The van der Waals surface area contributed by atoms with E-state index in [1.165, 1.54) is 0 Å². The molecule has 1 amide bonds. The number of carbonyl (C=O) groups excluding carboxylic acids is 1. The molecule has 0 fully saturated rings. The average molecular weight is 278 g/mol. The molecule has 0 atom stereocenters. The predicted molar refractivity (Wildman–Crippen MR) is 76.1 cm³/mol. The van der Waals surface area contributed by atoms with Crippen molar-refractivity contribution in [1.82, 2.24) is 25.1 Å². The highest BCUT2D eigenvalue weighted by molar-refractivity contribution is 5.90. The van der Waals surface area contributed by atoms with Crippen LogP contribution in [0.25, 0.3) is 11.0 Å². The van der Waals surface area contributed by atoms with Gasteiger partial charge in [0.15, 0.2) is 5.65 Å². The molecule has 2 heterocycles. The van der Waals surface area contributed by atoms with Crippen molar-refractivity contribution in [2.24, 2.45) is 5.84 Å². The molecular weight excluding hydrogens is 260 g/mol. The van der Waals surface area contributed by atoms with Gasteiger partial charge in [-0.3, -0.25) is 15.3 Å². The lowest BCUT2D eigenvalue weighted by Gasteiger charge is -2.23. The van der Waals surface area contributed by atoms with Crippen LogP contribution in [0.2, 0.25) is 0 Å². The van der Waals surface area contributed by atoms with E-state index in [0.717, 1.165) is 5.39 Å². The van der Waals surface area contributed by atoms with E-state index in [-0.39, 0.29) is 18.4 Å². The van der Waals surface area contributed by atoms with E-state index in [4.69, 9.17) is 5.84 Å². The molecule has 0 bridgehead atoms. The summed E-state index contributed by atoms with van der Waals surface area (Å²) < 4.78 is 0. The Morgan fingerprint density at radius 1 is 1.45 bits per heavy atom. The Balaban J connectivity index is 2.42. The van der Waals surface area contributed by atoms with E-state index in [1.54, 1.807) is 25.2 Å². The SMILES string of the molecule is CCN(CC(=O)N(C)C)c1nc(NN)nc2[nH]ncc12. The van der Waals surface area contributed by atoms with E-state index in [2.05, 4.69) is 25.6 Å². The molecule has 2 aromatic rings. The van der Waals surface area contributed by atoms with Crippen LogP contribution in [0.15, 0.2) is 6.20 Å². The van der Waals surface area contributed by atoms with Crippen LogP contribution in [0.1, 0.15) is 6.92 Å². The largest absolute Gasteiger partial charge is 0.347 e. The normalized spacial score (nSPS) is 10.6. The van der Waals surface area contributed by atoms with Gasteiger partial charge in [0, 0.05) is 20.6 Å². The Bertz CT molecular complexity index is 607. The molecule has 0 aliphatic heterocycles. The van der Waals surface area contributed by atoms with Crippen LogP contribution in [0.4, 0.5) is 11.8 Å². The van der Waals surface area contributed by atoms with Gasteiger partial charge in [-0.25, -0.2) is 5.84 Å². The second-order valence-corrected chi connectivity index (χ2v) is 4.45. The Morgan fingerprint density at radius 2 is 2.20 bits per heavy atom. The van der Waals surface area contributed by atoms with E-state index in [9.17, 15) is 4.79 Å². The summed E-state index contributed by atoms with van der Waals surface area (Å²) in [5.74, 6) is 6.25. The van der Waals surface area contributed by atoms with Gasteiger partial charge in [-0.2, -0.15) is 15.1 Å². The molecule has 0 saturated heterocycles. The van der Waals surface area contributed by atoms with Crippen LogP contribution in [-0.2, 0) is 4.79 Å². The van der Waals surface area contributed by atoms with Crippen molar-refractivity contribution >= 4 is 28.7 Å². The number of rotatable bonds is 5. The number of hydrogen-bond donors (Lipinski definition) is 3. The Labute approximate surface area is 116 Å². The second-order valence-electron chi connectivity index (χ2n) is 4.45. The Hall–Kier alpha value is -2.42. The minimum Gasteiger partial charge on any atom is -0.347 e. The summed E-state index contributed by atoms with van der Waals surface area (Å²) in [7, 11) is 3.44. The number of nitrogens with two attached hydrogens (primary N) is 1. The van der Waals surface area contributed by atoms with Gasteiger partial charge >= 0.3 is 0 Å². The zero-order valence-electron chi connectivity index (χ0n) is 11.7. The first-order valence-corrected chi connectivity index (χ1v) is 6.19. The van der Waals surface area contributed by atoms with Crippen LogP contribution in [-0.4, -0.2) is 58.2 Å². The first-order chi connectivity index (χ1) is 9.56. The van der Waals surface area contributed by atoms with Gasteiger partial charge in [0.1, 0.15) is 5.82 Å². The van der Waals surface area contributed by atoms with Crippen molar-refractivity contribution in [2.75, 3.05) is 37.5 Å². The number of anilines is 2. The van der Waals surface area contributed by atoms with Crippen LogP contribution in [0.3, 0.4) is 0 Å². The molecule has 0 saturated carbocycles. The first-order valence-electron chi connectivity index (χ1n) is 6.19. The minimum absolute atomic E-state index is 0.00985. The lowest BCUT2D eigenvalue weighted by atomic mass is 10.3. The topological polar surface area (TPSA) is 116 Å². The number of hydrazine groups is 1. The van der Waals surface area contributed by atoms with Gasteiger partial charge < -0.3 is 9.80 Å². The molecular formula is C11H18N8O. The van der Waals surface area contributed by atoms with Gasteiger partial charge in [-0.1, -0.05) is 0 Å². The number of carbonyl (C=O) groups is 1. The molecule has 2 rings (SSSR count). The third-order valence-corrected chi connectivity index (χ3v) is 2.92. The number of nitrogens with one attached hydrogen (secondary N) is 2. The summed E-state index contributed by atoms with van der Waals surface area (Å²) in [5.41, 5.74) is 2.98. The van der Waals surface area contributed by atoms with E-state index in [0.29, 0.717) is 18.0 Å². The summed E-state index contributed by atoms with van der Waals surface area (Å²) in [6, 6.07) is 0. The first kappa shape index (κ1) is 14.0. The number of hydrogen-bond acceptors (Lipinski definition) is 7. The molecule has 0 aliphatic carbocycles. The monoisotopic (exact) mass is 278 g/mol. The van der Waals surface area contributed by atoms with E-state index < -0.39 is 0 Å².